The van der Waals surface area contributed by atoms with Crippen LogP contribution in [0.1, 0.15) is 47.1 Å². The van der Waals surface area contributed by atoms with E-state index in [9.17, 15) is 9.59 Å². The molecule has 7 nitrogen and oxygen atoms in total. The summed E-state index contributed by atoms with van der Waals surface area (Å²) in [4.78, 5) is 27.6. The smallest absolute Gasteiger partial charge is 0.305 e. The minimum absolute atomic E-state index is 0.0799. The number of aliphatic carboxylic acids is 1. The highest BCUT2D eigenvalue weighted by Crippen LogP contribution is 2.20. The number of fused-ring (bicyclic) bond motifs is 1. The van der Waals surface area contributed by atoms with Crippen molar-refractivity contribution in [3.63, 3.8) is 0 Å². The Labute approximate surface area is 158 Å². The van der Waals surface area contributed by atoms with Gasteiger partial charge >= 0.3 is 5.97 Å². The summed E-state index contributed by atoms with van der Waals surface area (Å²) in [6, 6.07) is 6.13. The summed E-state index contributed by atoms with van der Waals surface area (Å²) < 4.78 is 1.90. The van der Waals surface area contributed by atoms with E-state index in [1.807, 2.05) is 23.8 Å². The summed E-state index contributed by atoms with van der Waals surface area (Å²) in [5.74, 6) is -0.155. The van der Waals surface area contributed by atoms with E-state index in [1.165, 1.54) is 5.56 Å². The van der Waals surface area contributed by atoms with Crippen molar-refractivity contribution in [3.8, 4) is 0 Å². The van der Waals surface area contributed by atoms with Crippen molar-refractivity contribution in [3.05, 3.63) is 46.9 Å². The molecule has 3 N–H and O–H groups in total. The molecule has 1 amide bonds. The van der Waals surface area contributed by atoms with Gasteiger partial charge in [0, 0.05) is 31.5 Å². The summed E-state index contributed by atoms with van der Waals surface area (Å²) in [6.45, 7) is 3.77. The molecule has 3 heterocycles. The van der Waals surface area contributed by atoms with E-state index in [0.717, 1.165) is 49.3 Å². The van der Waals surface area contributed by atoms with Gasteiger partial charge in [0.1, 0.15) is 11.5 Å². The molecule has 0 saturated heterocycles. The van der Waals surface area contributed by atoms with Gasteiger partial charge in [0.25, 0.3) is 5.91 Å². The molecule has 2 aromatic heterocycles. The van der Waals surface area contributed by atoms with Crippen LogP contribution in [0.5, 0.6) is 0 Å². The first-order chi connectivity index (χ1) is 13.1. The Morgan fingerprint density at radius 1 is 1.33 bits per heavy atom. The predicted molar refractivity (Wildman–Crippen MR) is 103 cm³/mol. The monoisotopic (exact) mass is 370 g/mol. The predicted octanol–water partition coefficient (Wildman–Crippen LogP) is 2.25. The van der Waals surface area contributed by atoms with Gasteiger partial charge in [0.2, 0.25) is 0 Å². The molecule has 7 heteroatoms. The third-order valence-corrected chi connectivity index (χ3v) is 4.77. The number of hydrogen-bond acceptors (Lipinski definition) is 4. The maximum absolute atomic E-state index is 12.3. The fourth-order valence-electron chi connectivity index (χ4n) is 3.31. The number of anilines is 1. The number of aromatic nitrogens is 2. The fraction of sp³-hybridized carbons (Fsp3) is 0.450. The van der Waals surface area contributed by atoms with Crippen LogP contribution >= 0.6 is 0 Å². The maximum atomic E-state index is 12.3. The number of rotatable bonds is 8. The molecule has 0 aromatic carbocycles. The quantitative estimate of drug-likeness (QED) is 0.662. The Hall–Kier alpha value is -2.83. The Kier molecular flexibility index (Phi) is 6.11. The molecule has 0 unspecified atom stereocenters. The average molecular weight is 370 g/mol. The van der Waals surface area contributed by atoms with Crippen LogP contribution in [0.2, 0.25) is 0 Å². The van der Waals surface area contributed by atoms with E-state index >= 15 is 0 Å². The lowest BCUT2D eigenvalue weighted by Gasteiger charge is -2.17. The van der Waals surface area contributed by atoms with Crippen molar-refractivity contribution in [2.75, 3.05) is 18.4 Å². The Morgan fingerprint density at radius 3 is 2.96 bits per heavy atom. The SMILES string of the molecule is CCn1cc(CCc2ccc3c(n2)NCCC3)cc1C(=O)NCCC(=O)O. The molecule has 1 aliphatic rings. The number of carbonyl (C=O) groups is 2. The second-order valence-corrected chi connectivity index (χ2v) is 6.76. The van der Waals surface area contributed by atoms with E-state index in [-0.39, 0.29) is 18.9 Å². The highest BCUT2D eigenvalue weighted by molar-refractivity contribution is 5.93. The van der Waals surface area contributed by atoms with Gasteiger partial charge in [-0.2, -0.15) is 0 Å². The summed E-state index contributed by atoms with van der Waals surface area (Å²) in [5.41, 5.74) is 3.97. The van der Waals surface area contributed by atoms with E-state index in [4.69, 9.17) is 10.1 Å². The normalized spacial score (nSPS) is 12.9. The summed E-state index contributed by atoms with van der Waals surface area (Å²) >= 11 is 0. The van der Waals surface area contributed by atoms with Crippen molar-refractivity contribution in [2.45, 2.75) is 45.6 Å². The first kappa shape index (κ1) is 18.9. The van der Waals surface area contributed by atoms with Gasteiger partial charge in [-0.25, -0.2) is 4.98 Å². The second kappa shape index (κ2) is 8.70. The van der Waals surface area contributed by atoms with Gasteiger partial charge in [0.15, 0.2) is 0 Å². The van der Waals surface area contributed by atoms with E-state index in [0.29, 0.717) is 12.2 Å². The molecule has 144 valence electrons. The molecule has 2 aromatic rings. The molecular weight excluding hydrogens is 344 g/mol. The summed E-state index contributed by atoms with van der Waals surface area (Å²) in [6.07, 6.45) is 5.74. The lowest BCUT2D eigenvalue weighted by molar-refractivity contribution is -0.136. The Balaban J connectivity index is 1.63. The van der Waals surface area contributed by atoms with E-state index in [1.54, 1.807) is 0 Å². The van der Waals surface area contributed by atoms with Gasteiger partial charge in [-0.05, 0) is 55.9 Å². The van der Waals surface area contributed by atoms with Crippen LogP contribution in [0.3, 0.4) is 0 Å². The summed E-state index contributed by atoms with van der Waals surface area (Å²) in [7, 11) is 0. The number of aryl methyl sites for hydroxylation is 4. The second-order valence-electron chi connectivity index (χ2n) is 6.76. The highest BCUT2D eigenvalue weighted by Gasteiger charge is 2.14. The first-order valence-electron chi connectivity index (χ1n) is 9.48. The molecule has 0 saturated carbocycles. The molecule has 1 aliphatic heterocycles. The third kappa shape index (κ3) is 4.87. The molecule has 27 heavy (non-hydrogen) atoms. The molecule has 0 atom stereocenters. The molecule has 0 radical (unpaired) electrons. The Morgan fingerprint density at radius 2 is 2.19 bits per heavy atom. The zero-order chi connectivity index (χ0) is 19.2. The van der Waals surface area contributed by atoms with Crippen molar-refractivity contribution < 1.29 is 14.7 Å². The van der Waals surface area contributed by atoms with Gasteiger partial charge in [0.05, 0.1) is 6.42 Å². The standard InChI is InChI=1S/C20H26N4O3/c1-2-24-13-14(12-17(24)20(27)22-11-9-18(25)26)5-7-16-8-6-15-4-3-10-21-19(15)23-16/h6,8,12-13H,2-5,7,9-11H2,1H3,(H,21,23)(H,22,27)(H,25,26). The van der Waals surface area contributed by atoms with Crippen molar-refractivity contribution in [1.82, 2.24) is 14.9 Å². The number of nitrogens with one attached hydrogen (secondary N) is 2. The van der Waals surface area contributed by atoms with Crippen molar-refractivity contribution in [2.24, 2.45) is 0 Å². The maximum Gasteiger partial charge on any atom is 0.305 e. The number of amides is 1. The fourth-order valence-corrected chi connectivity index (χ4v) is 3.31. The summed E-state index contributed by atoms with van der Waals surface area (Å²) in [5, 5.41) is 14.7. The lowest BCUT2D eigenvalue weighted by atomic mass is 10.1. The number of pyridine rings is 1. The van der Waals surface area contributed by atoms with Crippen molar-refractivity contribution in [1.29, 1.82) is 0 Å². The molecule has 0 aliphatic carbocycles. The van der Waals surface area contributed by atoms with Crippen LogP contribution in [0.25, 0.3) is 0 Å². The first-order valence-corrected chi connectivity index (χ1v) is 9.48. The lowest BCUT2D eigenvalue weighted by Crippen LogP contribution is -2.27. The average Bonchev–Trinajstić information content (AvgIpc) is 3.09. The van der Waals surface area contributed by atoms with Crippen LogP contribution in [0, 0.1) is 0 Å². The third-order valence-electron chi connectivity index (χ3n) is 4.77. The van der Waals surface area contributed by atoms with Crippen LogP contribution in [0.15, 0.2) is 24.4 Å². The van der Waals surface area contributed by atoms with Crippen LogP contribution < -0.4 is 10.6 Å². The number of carboxylic acid groups (broad SMARTS) is 1. The van der Waals surface area contributed by atoms with E-state index < -0.39 is 5.97 Å². The van der Waals surface area contributed by atoms with Crippen LogP contribution in [0.4, 0.5) is 5.82 Å². The van der Waals surface area contributed by atoms with Crippen LogP contribution in [-0.2, 0) is 30.6 Å². The van der Waals surface area contributed by atoms with Gasteiger partial charge in [-0.1, -0.05) is 6.07 Å². The van der Waals surface area contributed by atoms with Gasteiger partial charge < -0.3 is 20.3 Å². The zero-order valence-electron chi connectivity index (χ0n) is 15.6. The minimum atomic E-state index is -0.922. The molecule has 3 rings (SSSR count). The largest absolute Gasteiger partial charge is 0.481 e. The van der Waals surface area contributed by atoms with Crippen LogP contribution in [-0.4, -0.2) is 39.6 Å². The molecule has 0 fully saturated rings. The highest BCUT2D eigenvalue weighted by atomic mass is 16.4. The number of nitrogens with zero attached hydrogens (tertiary/aromatic N) is 2. The van der Waals surface area contributed by atoms with Gasteiger partial charge in [-0.3, -0.25) is 9.59 Å². The van der Waals surface area contributed by atoms with E-state index in [2.05, 4.69) is 22.8 Å². The Bertz CT molecular complexity index is 829. The van der Waals surface area contributed by atoms with Crippen molar-refractivity contribution >= 4 is 17.7 Å². The number of carbonyl (C=O) groups excluding carboxylic acids is 1. The van der Waals surface area contributed by atoms with Gasteiger partial charge in [-0.15, -0.1) is 0 Å². The minimum Gasteiger partial charge on any atom is -0.481 e. The molecule has 0 spiro atoms. The number of carboxylic acids is 1. The zero-order valence-corrected chi connectivity index (χ0v) is 15.6. The number of hydrogen-bond donors (Lipinski definition) is 3. The topological polar surface area (TPSA) is 96.3 Å². The molecule has 0 bridgehead atoms. The molecular formula is C20H26N4O3.